The smallest absolute Gasteiger partial charge is 0.128 e. The molecule has 0 aliphatic heterocycles. The van der Waals surface area contributed by atoms with Gasteiger partial charge in [-0.15, -0.1) is 0 Å². The molecule has 0 saturated carbocycles. The van der Waals surface area contributed by atoms with Crippen LogP contribution in [0.3, 0.4) is 0 Å². The molecule has 1 aromatic heterocycles. The highest BCUT2D eigenvalue weighted by Gasteiger charge is 1.98. The van der Waals surface area contributed by atoms with Gasteiger partial charge in [-0.1, -0.05) is 13.3 Å². The van der Waals surface area contributed by atoms with Gasteiger partial charge in [0.25, 0.3) is 0 Å². The molecule has 1 N–H and O–H groups in total. The van der Waals surface area contributed by atoms with E-state index in [1.165, 1.54) is 6.42 Å². The first-order chi connectivity index (χ1) is 7.86. The van der Waals surface area contributed by atoms with E-state index >= 15 is 0 Å². The molecule has 1 heterocycles. The van der Waals surface area contributed by atoms with Crippen molar-refractivity contribution >= 4 is 0 Å². The standard InChI is InChI=1S/C12H21N3O/c1-3-4-5-12-14-7-6-11(15-12)10-13-8-9-16-2/h6-7,13H,3-5,8-10H2,1-2H3. The summed E-state index contributed by atoms with van der Waals surface area (Å²) in [6, 6.07) is 1.95. The van der Waals surface area contributed by atoms with Crippen LogP contribution < -0.4 is 5.32 Å². The first kappa shape index (κ1) is 13.1. The van der Waals surface area contributed by atoms with Gasteiger partial charge >= 0.3 is 0 Å². The second-order valence-corrected chi connectivity index (χ2v) is 3.74. The molecule has 0 unspecified atom stereocenters. The molecule has 0 aromatic carbocycles. The highest BCUT2D eigenvalue weighted by atomic mass is 16.5. The molecule has 16 heavy (non-hydrogen) atoms. The number of nitrogens with one attached hydrogen (secondary N) is 1. The molecule has 0 aliphatic carbocycles. The highest BCUT2D eigenvalue weighted by molar-refractivity contribution is 5.02. The lowest BCUT2D eigenvalue weighted by Gasteiger charge is -2.05. The molecular weight excluding hydrogens is 202 g/mol. The Bertz CT molecular complexity index is 291. The number of ether oxygens (including phenoxy) is 1. The van der Waals surface area contributed by atoms with E-state index in [-0.39, 0.29) is 0 Å². The van der Waals surface area contributed by atoms with Gasteiger partial charge in [-0.3, -0.25) is 0 Å². The van der Waals surface area contributed by atoms with Crippen LogP contribution in [-0.4, -0.2) is 30.2 Å². The Morgan fingerprint density at radius 2 is 2.31 bits per heavy atom. The molecule has 0 amide bonds. The summed E-state index contributed by atoms with van der Waals surface area (Å²) < 4.78 is 4.96. The van der Waals surface area contributed by atoms with Crippen LogP contribution in [0.5, 0.6) is 0 Å². The number of aromatic nitrogens is 2. The van der Waals surface area contributed by atoms with Crippen LogP contribution in [0, 0.1) is 0 Å². The summed E-state index contributed by atoms with van der Waals surface area (Å²) in [7, 11) is 1.70. The Morgan fingerprint density at radius 1 is 1.44 bits per heavy atom. The first-order valence-electron chi connectivity index (χ1n) is 5.87. The van der Waals surface area contributed by atoms with Crippen LogP contribution in [0.2, 0.25) is 0 Å². The summed E-state index contributed by atoms with van der Waals surface area (Å²) in [4.78, 5) is 8.75. The van der Waals surface area contributed by atoms with Crippen LogP contribution in [-0.2, 0) is 17.7 Å². The lowest BCUT2D eigenvalue weighted by molar-refractivity contribution is 0.199. The summed E-state index contributed by atoms with van der Waals surface area (Å²) in [5.74, 6) is 0.952. The van der Waals surface area contributed by atoms with Gasteiger partial charge in [-0.25, -0.2) is 9.97 Å². The molecule has 0 saturated heterocycles. The first-order valence-corrected chi connectivity index (χ1v) is 5.87. The van der Waals surface area contributed by atoms with Crippen LogP contribution in [0.4, 0.5) is 0 Å². The third-order valence-corrected chi connectivity index (χ3v) is 2.31. The average molecular weight is 223 g/mol. The van der Waals surface area contributed by atoms with Crippen LogP contribution in [0.15, 0.2) is 12.3 Å². The number of aryl methyl sites for hydroxylation is 1. The van der Waals surface area contributed by atoms with Crippen molar-refractivity contribution in [3.05, 3.63) is 23.8 Å². The topological polar surface area (TPSA) is 47.0 Å². The van der Waals surface area contributed by atoms with E-state index in [4.69, 9.17) is 4.74 Å². The van der Waals surface area contributed by atoms with Crippen molar-refractivity contribution in [3.63, 3.8) is 0 Å². The predicted molar refractivity (Wildman–Crippen MR) is 64.2 cm³/mol. The van der Waals surface area contributed by atoms with Crippen LogP contribution in [0.1, 0.15) is 31.3 Å². The van der Waals surface area contributed by atoms with Crippen molar-refractivity contribution in [1.29, 1.82) is 0 Å². The monoisotopic (exact) mass is 223 g/mol. The summed E-state index contributed by atoms with van der Waals surface area (Å²) in [5.41, 5.74) is 1.05. The van der Waals surface area contributed by atoms with Gasteiger partial charge < -0.3 is 10.1 Å². The molecule has 4 nitrogen and oxygen atoms in total. The van der Waals surface area contributed by atoms with Gasteiger partial charge in [-0.05, 0) is 12.5 Å². The fourth-order valence-corrected chi connectivity index (χ4v) is 1.39. The zero-order valence-corrected chi connectivity index (χ0v) is 10.2. The van der Waals surface area contributed by atoms with Gasteiger partial charge in [0.1, 0.15) is 5.82 Å². The molecule has 1 rings (SSSR count). The largest absolute Gasteiger partial charge is 0.383 e. The maximum absolute atomic E-state index is 4.96. The lowest BCUT2D eigenvalue weighted by atomic mass is 10.2. The molecule has 0 aliphatic rings. The Hall–Kier alpha value is -1.00. The van der Waals surface area contributed by atoms with Gasteiger partial charge in [0, 0.05) is 32.8 Å². The van der Waals surface area contributed by atoms with E-state index in [2.05, 4.69) is 22.2 Å². The lowest BCUT2D eigenvalue weighted by Crippen LogP contribution is -2.19. The van der Waals surface area contributed by atoms with Gasteiger partial charge in [0.2, 0.25) is 0 Å². The number of unbranched alkanes of at least 4 members (excludes halogenated alkanes) is 1. The number of methoxy groups -OCH3 is 1. The highest BCUT2D eigenvalue weighted by Crippen LogP contribution is 2.00. The van der Waals surface area contributed by atoms with Crippen molar-refractivity contribution < 1.29 is 4.74 Å². The molecule has 0 bridgehead atoms. The Labute approximate surface area is 97.5 Å². The summed E-state index contributed by atoms with van der Waals surface area (Å²) in [6.07, 6.45) is 5.15. The van der Waals surface area contributed by atoms with E-state index in [0.717, 1.165) is 44.1 Å². The fourth-order valence-electron chi connectivity index (χ4n) is 1.39. The molecular formula is C12H21N3O. The third-order valence-electron chi connectivity index (χ3n) is 2.31. The van der Waals surface area contributed by atoms with E-state index < -0.39 is 0 Å². The zero-order chi connectivity index (χ0) is 11.6. The molecule has 0 fully saturated rings. The second kappa shape index (κ2) is 8.19. The Morgan fingerprint density at radius 3 is 3.06 bits per heavy atom. The van der Waals surface area contributed by atoms with Crippen LogP contribution >= 0.6 is 0 Å². The minimum Gasteiger partial charge on any atom is -0.383 e. The van der Waals surface area contributed by atoms with E-state index in [9.17, 15) is 0 Å². The van der Waals surface area contributed by atoms with Crippen molar-refractivity contribution in [1.82, 2.24) is 15.3 Å². The average Bonchev–Trinajstić information content (AvgIpc) is 2.33. The van der Waals surface area contributed by atoms with Crippen LogP contribution in [0.25, 0.3) is 0 Å². The maximum atomic E-state index is 4.96. The quantitative estimate of drug-likeness (QED) is 0.679. The third kappa shape index (κ3) is 5.19. The number of hydrogen-bond acceptors (Lipinski definition) is 4. The SMILES string of the molecule is CCCCc1nccc(CNCCOC)n1. The van der Waals surface area contributed by atoms with E-state index in [1.807, 2.05) is 12.3 Å². The van der Waals surface area contributed by atoms with Crippen molar-refractivity contribution in [2.45, 2.75) is 32.7 Å². The molecule has 0 spiro atoms. The Kier molecular flexibility index (Phi) is 6.69. The van der Waals surface area contributed by atoms with Crippen molar-refractivity contribution in [2.24, 2.45) is 0 Å². The van der Waals surface area contributed by atoms with Gasteiger partial charge in [-0.2, -0.15) is 0 Å². The van der Waals surface area contributed by atoms with Crippen molar-refractivity contribution in [2.75, 3.05) is 20.3 Å². The van der Waals surface area contributed by atoms with Gasteiger partial charge in [0.15, 0.2) is 0 Å². The normalized spacial score (nSPS) is 10.6. The van der Waals surface area contributed by atoms with E-state index in [0.29, 0.717) is 0 Å². The number of rotatable bonds is 8. The second-order valence-electron chi connectivity index (χ2n) is 3.74. The molecule has 4 heteroatoms. The molecule has 0 atom stereocenters. The Balaban J connectivity index is 2.35. The summed E-state index contributed by atoms with van der Waals surface area (Å²) in [5, 5.41) is 3.27. The fraction of sp³-hybridized carbons (Fsp3) is 0.667. The zero-order valence-electron chi connectivity index (χ0n) is 10.2. The summed E-state index contributed by atoms with van der Waals surface area (Å²) >= 11 is 0. The van der Waals surface area contributed by atoms with Crippen molar-refractivity contribution in [3.8, 4) is 0 Å². The number of hydrogen-bond donors (Lipinski definition) is 1. The van der Waals surface area contributed by atoms with Gasteiger partial charge in [0.05, 0.1) is 12.3 Å². The molecule has 0 radical (unpaired) electrons. The minimum atomic E-state index is 0.730. The summed E-state index contributed by atoms with van der Waals surface area (Å²) in [6.45, 7) is 4.54. The molecule has 90 valence electrons. The predicted octanol–water partition coefficient (Wildman–Crippen LogP) is 1.56. The number of nitrogens with zero attached hydrogens (tertiary/aromatic N) is 2. The maximum Gasteiger partial charge on any atom is 0.128 e. The van der Waals surface area contributed by atoms with E-state index in [1.54, 1.807) is 7.11 Å². The minimum absolute atomic E-state index is 0.730. The molecule has 1 aromatic rings.